The summed E-state index contributed by atoms with van der Waals surface area (Å²) in [6.07, 6.45) is 2.88. The Morgan fingerprint density at radius 3 is 2.57 bits per heavy atom. The van der Waals surface area contributed by atoms with Crippen molar-refractivity contribution in [3.05, 3.63) is 23.2 Å². The van der Waals surface area contributed by atoms with Gasteiger partial charge in [0.2, 0.25) is 11.8 Å². The SMILES string of the molecule is Cc1cc(-c2nc(OC3CC(C(=O)N[C@@H](CC4CCC4)C(O)C(=O)NC4CC4)N(C(=O)OC(C)(C)C)C3)c3sccc3n2)n(C)n1. The summed E-state index contributed by atoms with van der Waals surface area (Å²) in [5.74, 6) is 0.191. The number of amides is 3. The number of aliphatic hydroxyl groups excluding tert-OH is 1. The Morgan fingerprint density at radius 1 is 1.17 bits per heavy atom. The molecule has 0 bridgehead atoms. The molecule has 2 saturated carbocycles. The Balaban J connectivity index is 1.24. The highest BCUT2D eigenvalue weighted by atomic mass is 32.1. The molecule has 4 heterocycles. The van der Waals surface area contributed by atoms with Gasteiger partial charge in [-0.25, -0.2) is 9.78 Å². The van der Waals surface area contributed by atoms with Crippen molar-refractivity contribution >= 4 is 39.5 Å². The van der Waals surface area contributed by atoms with E-state index in [1.807, 2.05) is 31.5 Å². The average molecular weight is 654 g/mol. The Hall–Kier alpha value is -3.78. The first kappa shape index (κ1) is 32.2. The van der Waals surface area contributed by atoms with Crippen molar-refractivity contribution in [1.29, 1.82) is 0 Å². The third-order valence-electron chi connectivity index (χ3n) is 8.69. The van der Waals surface area contributed by atoms with Gasteiger partial charge >= 0.3 is 6.09 Å². The molecule has 4 atom stereocenters. The van der Waals surface area contributed by atoms with Crippen LogP contribution in [0.25, 0.3) is 21.7 Å². The van der Waals surface area contributed by atoms with Gasteiger partial charge in [0.05, 0.1) is 23.8 Å². The zero-order valence-corrected chi connectivity index (χ0v) is 27.8. The summed E-state index contributed by atoms with van der Waals surface area (Å²) in [6, 6.07) is 2.15. The maximum absolute atomic E-state index is 13.9. The molecule has 3 fully saturated rings. The molecule has 3 N–H and O–H groups in total. The number of hydrogen-bond acceptors (Lipinski definition) is 10. The number of aryl methyl sites for hydroxylation is 2. The van der Waals surface area contributed by atoms with Gasteiger partial charge in [0.15, 0.2) is 11.9 Å². The Bertz CT molecular complexity index is 1610. The van der Waals surface area contributed by atoms with Crippen molar-refractivity contribution in [2.75, 3.05) is 6.54 Å². The summed E-state index contributed by atoms with van der Waals surface area (Å²) in [6.45, 7) is 7.28. The predicted molar refractivity (Wildman–Crippen MR) is 171 cm³/mol. The minimum Gasteiger partial charge on any atom is -0.471 e. The molecule has 3 unspecified atom stereocenters. The van der Waals surface area contributed by atoms with Crippen LogP contribution in [-0.2, 0) is 21.4 Å². The van der Waals surface area contributed by atoms with Gasteiger partial charge in [0.1, 0.15) is 28.1 Å². The summed E-state index contributed by atoms with van der Waals surface area (Å²) in [4.78, 5) is 51.0. The van der Waals surface area contributed by atoms with Crippen LogP contribution in [0.2, 0.25) is 0 Å². The lowest BCUT2D eigenvalue weighted by atomic mass is 9.79. The fraction of sp³-hybridized carbons (Fsp3) is 0.625. The van der Waals surface area contributed by atoms with E-state index in [2.05, 4.69) is 15.7 Å². The van der Waals surface area contributed by atoms with E-state index in [9.17, 15) is 19.5 Å². The van der Waals surface area contributed by atoms with Crippen molar-refractivity contribution in [1.82, 2.24) is 35.3 Å². The summed E-state index contributed by atoms with van der Waals surface area (Å²) in [5, 5.41) is 23.2. The maximum atomic E-state index is 13.9. The topological polar surface area (TPSA) is 161 Å². The number of nitrogens with zero attached hydrogens (tertiary/aromatic N) is 5. The Kier molecular flexibility index (Phi) is 8.94. The molecule has 0 aromatic carbocycles. The van der Waals surface area contributed by atoms with Crippen LogP contribution in [0.5, 0.6) is 5.88 Å². The number of nitrogens with one attached hydrogen (secondary N) is 2. The van der Waals surface area contributed by atoms with E-state index >= 15 is 0 Å². The van der Waals surface area contributed by atoms with Crippen LogP contribution in [0.1, 0.15) is 71.4 Å². The fourth-order valence-corrected chi connectivity index (χ4v) is 6.75. The fourth-order valence-electron chi connectivity index (χ4n) is 5.99. The normalized spacial score (nSPS) is 21.5. The lowest BCUT2D eigenvalue weighted by molar-refractivity contribution is -0.134. The van der Waals surface area contributed by atoms with Crippen LogP contribution in [0.3, 0.4) is 0 Å². The second-order valence-electron chi connectivity index (χ2n) is 13.8. The summed E-state index contributed by atoms with van der Waals surface area (Å²) in [5.41, 5.74) is 1.50. The quantitative estimate of drug-likeness (QED) is 0.298. The van der Waals surface area contributed by atoms with E-state index in [1.165, 1.54) is 16.2 Å². The number of thiophene rings is 1. The zero-order chi connectivity index (χ0) is 32.7. The summed E-state index contributed by atoms with van der Waals surface area (Å²) in [7, 11) is 1.83. The molecule has 0 radical (unpaired) electrons. The van der Waals surface area contributed by atoms with Crippen LogP contribution in [-0.4, -0.2) is 90.1 Å². The van der Waals surface area contributed by atoms with Crippen molar-refractivity contribution in [2.24, 2.45) is 13.0 Å². The van der Waals surface area contributed by atoms with Gasteiger partial charge in [0, 0.05) is 19.5 Å². The van der Waals surface area contributed by atoms with Gasteiger partial charge in [-0.2, -0.15) is 10.1 Å². The van der Waals surface area contributed by atoms with Gasteiger partial charge < -0.3 is 25.2 Å². The van der Waals surface area contributed by atoms with Gasteiger partial charge in [-0.05, 0) is 70.4 Å². The molecule has 6 rings (SSSR count). The molecule has 1 saturated heterocycles. The largest absolute Gasteiger partial charge is 0.471 e. The van der Waals surface area contributed by atoms with E-state index in [0.717, 1.165) is 53.7 Å². The highest BCUT2D eigenvalue weighted by Gasteiger charge is 2.45. The number of ether oxygens (including phenoxy) is 2. The number of hydrogen-bond donors (Lipinski definition) is 3. The molecule has 1 aliphatic heterocycles. The second-order valence-corrected chi connectivity index (χ2v) is 14.7. The molecule has 46 heavy (non-hydrogen) atoms. The average Bonchev–Trinajstić information content (AvgIpc) is 3.32. The van der Waals surface area contributed by atoms with Crippen molar-refractivity contribution in [3.63, 3.8) is 0 Å². The number of aliphatic hydroxyl groups is 1. The van der Waals surface area contributed by atoms with Gasteiger partial charge in [-0.15, -0.1) is 11.3 Å². The van der Waals surface area contributed by atoms with Gasteiger partial charge in [-0.1, -0.05) is 19.3 Å². The molecule has 14 heteroatoms. The first-order chi connectivity index (χ1) is 21.8. The molecule has 2 aliphatic carbocycles. The molecule has 13 nitrogen and oxygen atoms in total. The first-order valence-electron chi connectivity index (χ1n) is 16.1. The zero-order valence-electron chi connectivity index (χ0n) is 27.0. The molecule has 0 spiro atoms. The molecular formula is C32H43N7O6S. The summed E-state index contributed by atoms with van der Waals surface area (Å²) < 4.78 is 14.6. The molecule has 248 valence electrons. The maximum Gasteiger partial charge on any atom is 0.411 e. The lowest BCUT2D eigenvalue weighted by Crippen LogP contribution is -2.56. The van der Waals surface area contributed by atoms with E-state index in [1.54, 1.807) is 25.5 Å². The Labute approximate surface area is 272 Å². The van der Waals surface area contributed by atoms with Crippen molar-refractivity contribution in [2.45, 2.75) is 109 Å². The number of aromatic nitrogens is 4. The second kappa shape index (κ2) is 12.8. The minimum absolute atomic E-state index is 0.0802. The van der Waals surface area contributed by atoms with Crippen LogP contribution in [0, 0.1) is 12.8 Å². The molecule has 3 aliphatic rings. The highest BCUT2D eigenvalue weighted by molar-refractivity contribution is 7.17. The number of fused-ring (bicyclic) bond motifs is 1. The van der Waals surface area contributed by atoms with Crippen LogP contribution < -0.4 is 15.4 Å². The van der Waals surface area contributed by atoms with E-state index in [4.69, 9.17) is 19.4 Å². The highest BCUT2D eigenvalue weighted by Crippen LogP contribution is 2.35. The third kappa shape index (κ3) is 7.27. The molecule has 3 aromatic heterocycles. The predicted octanol–water partition coefficient (Wildman–Crippen LogP) is 3.47. The van der Waals surface area contributed by atoms with E-state index < -0.39 is 47.8 Å². The first-order valence-corrected chi connectivity index (χ1v) is 16.9. The number of rotatable bonds is 10. The van der Waals surface area contributed by atoms with Crippen molar-refractivity contribution < 1.29 is 29.0 Å². The Morgan fingerprint density at radius 2 is 1.93 bits per heavy atom. The number of likely N-dealkylation sites (tertiary alicyclic amines) is 1. The third-order valence-corrected chi connectivity index (χ3v) is 9.58. The smallest absolute Gasteiger partial charge is 0.411 e. The summed E-state index contributed by atoms with van der Waals surface area (Å²) >= 11 is 1.45. The molecule has 3 aromatic rings. The minimum atomic E-state index is -1.39. The standard InChI is InChI=1S/C32H43N7O6S/c1-17-13-23(38(5)37-17)27-34-21-11-12-46-26(21)30(36-27)44-20-15-24(39(16-20)31(43)45-32(2,3)4)28(41)35-22(14-18-7-6-8-18)25(40)29(42)33-19-9-10-19/h11-13,18-20,22,24-25,40H,6-10,14-16H2,1-5H3,(H,33,42)(H,35,41)/t20?,22-,24?,25?/m0/s1. The van der Waals surface area contributed by atoms with Crippen LogP contribution >= 0.6 is 11.3 Å². The van der Waals surface area contributed by atoms with Crippen LogP contribution in [0.4, 0.5) is 4.79 Å². The lowest BCUT2D eigenvalue weighted by Gasteiger charge is -2.33. The monoisotopic (exact) mass is 653 g/mol. The van der Waals surface area contributed by atoms with Gasteiger partial charge in [0.25, 0.3) is 5.91 Å². The van der Waals surface area contributed by atoms with Crippen molar-refractivity contribution in [3.8, 4) is 17.4 Å². The van der Waals surface area contributed by atoms with Gasteiger partial charge in [-0.3, -0.25) is 19.2 Å². The van der Waals surface area contributed by atoms with E-state index in [-0.39, 0.29) is 19.0 Å². The van der Waals surface area contributed by atoms with Crippen LogP contribution in [0.15, 0.2) is 17.5 Å². The van der Waals surface area contributed by atoms with E-state index in [0.29, 0.717) is 24.0 Å². The number of carbonyl (C=O) groups excluding carboxylic acids is 3. The number of carbonyl (C=O) groups is 3. The molecular weight excluding hydrogens is 610 g/mol. The molecule has 3 amide bonds.